The molecule has 1 atom stereocenters. The van der Waals surface area contributed by atoms with Crippen LogP contribution in [0.2, 0.25) is 0 Å². The number of aromatic nitrogens is 1. The summed E-state index contributed by atoms with van der Waals surface area (Å²) in [5, 5.41) is 10.4. The molecule has 2 aromatic rings. The maximum absolute atomic E-state index is 11.5. The first-order valence-corrected chi connectivity index (χ1v) is 6.48. The first-order chi connectivity index (χ1) is 10.1. The van der Waals surface area contributed by atoms with Crippen molar-refractivity contribution in [3.05, 3.63) is 42.1 Å². The minimum Gasteiger partial charge on any atom is -0.464 e. The van der Waals surface area contributed by atoms with E-state index in [0.29, 0.717) is 5.69 Å². The number of rotatable bonds is 5. The highest BCUT2D eigenvalue weighted by molar-refractivity contribution is 5.97. The number of benzene rings is 1. The maximum Gasteiger partial charge on any atom is 0.347 e. The summed E-state index contributed by atoms with van der Waals surface area (Å²) < 4.78 is 9.38. The lowest BCUT2D eigenvalue weighted by Gasteiger charge is -2.09. The molecule has 0 saturated carbocycles. The van der Waals surface area contributed by atoms with Gasteiger partial charge >= 0.3 is 11.9 Å². The summed E-state index contributed by atoms with van der Waals surface area (Å²) in [5.41, 5.74) is 1.30. The summed E-state index contributed by atoms with van der Waals surface area (Å²) in [4.78, 5) is 27.0. The number of nitrogens with zero attached hydrogens (tertiary/aromatic N) is 1. The van der Waals surface area contributed by atoms with Gasteiger partial charge in [-0.1, -0.05) is 24.3 Å². The highest BCUT2D eigenvalue weighted by Crippen LogP contribution is 2.12. The topological polar surface area (TPSA) is 85.7 Å². The summed E-state index contributed by atoms with van der Waals surface area (Å²) in [6, 6.07) is 11.1. The fourth-order valence-corrected chi connectivity index (χ4v) is 1.73. The molecule has 0 unspecified atom stereocenters. The van der Waals surface area contributed by atoms with Crippen molar-refractivity contribution >= 4 is 22.8 Å². The predicted molar refractivity (Wildman–Crippen MR) is 74.2 cm³/mol. The van der Waals surface area contributed by atoms with Crippen LogP contribution in [0.5, 0.6) is 0 Å². The fourth-order valence-electron chi connectivity index (χ4n) is 1.73. The molecule has 6 nitrogen and oxygen atoms in total. The summed E-state index contributed by atoms with van der Waals surface area (Å²) in [7, 11) is 0. The van der Waals surface area contributed by atoms with Gasteiger partial charge in [-0.3, -0.25) is 0 Å². The Morgan fingerprint density at radius 1 is 1.14 bits per heavy atom. The van der Waals surface area contributed by atoms with Gasteiger partial charge in [-0.2, -0.15) is 0 Å². The van der Waals surface area contributed by atoms with E-state index in [1.165, 1.54) is 0 Å². The zero-order valence-corrected chi connectivity index (χ0v) is 11.5. The number of hydrogen-bond acceptors (Lipinski definition) is 6. The van der Waals surface area contributed by atoms with Crippen LogP contribution in [0.3, 0.4) is 0 Å². The summed E-state index contributed by atoms with van der Waals surface area (Å²) in [6.45, 7) is 1.53. The molecule has 110 valence electrons. The summed E-state index contributed by atoms with van der Waals surface area (Å²) in [5.74, 6) is -2.07. The predicted octanol–water partition coefficient (Wildman–Crippen LogP) is 1.20. The smallest absolute Gasteiger partial charge is 0.347 e. The van der Waals surface area contributed by atoms with E-state index < -0.39 is 18.0 Å². The molecule has 21 heavy (non-hydrogen) atoms. The highest BCUT2D eigenvalue weighted by Gasteiger charge is 2.26. The zero-order valence-electron chi connectivity index (χ0n) is 11.5. The lowest BCUT2D eigenvalue weighted by atomic mass is 10.2. The molecule has 0 aliphatic rings. The molecule has 0 aliphatic heterocycles. The first kappa shape index (κ1) is 14.9. The highest BCUT2D eigenvalue weighted by atomic mass is 16.6. The molecule has 6 heteroatoms. The lowest BCUT2D eigenvalue weighted by Crippen LogP contribution is -2.33. The Morgan fingerprint density at radius 2 is 1.86 bits per heavy atom. The minimum atomic E-state index is -1.93. The number of esters is 2. The Hall–Kier alpha value is -2.47. The van der Waals surface area contributed by atoms with Crippen LogP contribution >= 0.6 is 0 Å². The number of ether oxygens (including phenoxy) is 2. The SMILES string of the molecule is CCOC(=O)[C@@H](O)C(=O)OCc1ccc2ccccc2n1. The van der Waals surface area contributed by atoms with Crippen LogP contribution in [0.25, 0.3) is 10.9 Å². The van der Waals surface area contributed by atoms with Gasteiger partial charge in [-0.25, -0.2) is 14.6 Å². The Kier molecular flexibility index (Phi) is 4.84. The Balaban J connectivity index is 1.98. The zero-order chi connectivity index (χ0) is 15.2. The van der Waals surface area contributed by atoms with Gasteiger partial charge in [0.15, 0.2) is 0 Å². The minimum absolute atomic E-state index is 0.0788. The molecule has 0 saturated heterocycles. The van der Waals surface area contributed by atoms with Crippen molar-refractivity contribution < 1.29 is 24.2 Å². The van der Waals surface area contributed by atoms with E-state index in [9.17, 15) is 14.7 Å². The summed E-state index contributed by atoms with van der Waals surface area (Å²) >= 11 is 0. The van der Waals surface area contributed by atoms with Gasteiger partial charge in [0.2, 0.25) is 6.10 Å². The average Bonchev–Trinajstić information content (AvgIpc) is 2.51. The van der Waals surface area contributed by atoms with Crippen molar-refractivity contribution in [3.63, 3.8) is 0 Å². The molecule has 0 aliphatic carbocycles. The number of pyridine rings is 1. The number of aliphatic hydroxyl groups excluding tert-OH is 1. The van der Waals surface area contributed by atoms with Gasteiger partial charge in [-0.15, -0.1) is 0 Å². The number of carbonyl (C=O) groups excluding carboxylic acids is 2. The second-order valence-electron chi connectivity index (χ2n) is 4.26. The Bertz CT molecular complexity index is 655. The largest absolute Gasteiger partial charge is 0.464 e. The lowest BCUT2D eigenvalue weighted by molar-refractivity contribution is -0.169. The van der Waals surface area contributed by atoms with E-state index >= 15 is 0 Å². The third kappa shape index (κ3) is 3.76. The van der Waals surface area contributed by atoms with Crippen molar-refractivity contribution in [2.45, 2.75) is 19.6 Å². The molecular weight excluding hydrogens is 274 g/mol. The van der Waals surface area contributed by atoms with Crippen molar-refractivity contribution in [3.8, 4) is 0 Å². The maximum atomic E-state index is 11.5. The van der Waals surface area contributed by atoms with E-state index in [1.54, 1.807) is 13.0 Å². The van der Waals surface area contributed by atoms with E-state index in [-0.39, 0.29) is 13.2 Å². The molecule has 2 rings (SSSR count). The molecule has 0 radical (unpaired) electrons. The Morgan fingerprint density at radius 3 is 2.62 bits per heavy atom. The van der Waals surface area contributed by atoms with Crippen LogP contribution in [0.1, 0.15) is 12.6 Å². The third-order valence-electron chi connectivity index (χ3n) is 2.75. The van der Waals surface area contributed by atoms with Crippen LogP contribution in [0.4, 0.5) is 0 Å². The van der Waals surface area contributed by atoms with Gasteiger partial charge < -0.3 is 14.6 Å². The van der Waals surface area contributed by atoms with E-state index in [2.05, 4.69) is 9.72 Å². The van der Waals surface area contributed by atoms with Crippen molar-refractivity contribution in [1.82, 2.24) is 4.98 Å². The number of para-hydroxylation sites is 1. The molecule has 1 N–H and O–H groups in total. The molecule has 1 aromatic carbocycles. The van der Waals surface area contributed by atoms with Crippen LogP contribution in [0.15, 0.2) is 36.4 Å². The monoisotopic (exact) mass is 289 g/mol. The normalized spacial score (nSPS) is 11.9. The quantitative estimate of drug-likeness (QED) is 0.657. The molecule has 0 amide bonds. The van der Waals surface area contributed by atoms with Crippen molar-refractivity contribution in [2.75, 3.05) is 6.61 Å². The first-order valence-electron chi connectivity index (χ1n) is 6.48. The van der Waals surface area contributed by atoms with Gasteiger partial charge in [0.25, 0.3) is 0 Å². The van der Waals surface area contributed by atoms with Crippen LogP contribution in [-0.2, 0) is 25.7 Å². The van der Waals surface area contributed by atoms with Crippen molar-refractivity contribution in [2.24, 2.45) is 0 Å². The number of fused-ring (bicyclic) bond motifs is 1. The second-order valence-corrected chi connectivity index (χ2v) is 4.26. The molecule has 1 aromatic heterocycles. The number of carbonyl (C=O) groups is 2. The third-order valence-corrected chi connectivity index (χ3v) is 2.75. The van der Waals surface area contributed by atoms with Gasteiger partial charge in [0.1, 0.15) is 6.61 Å². The van der Waals surface area contributed by atoms with E-state index in [4.69, 9.17) is 4.74 Å². The summed E-state index contributed by atoms with van der Waals surface area (Å²) in [6.07, 6.45) is -1.93. The van der Waals surface area contributed by atoms with Crippen LogP contribution in [-0.4, -0.2) is 34.7 Å². The van der Waals surface area contributed by atoms with Crippen molar-refractivity contribution in [1.29, 1.82) is 0 Å². The van der Waals surface area contributed by atoms with Crippen LogP contribution in [0, 0.1) is 0 Å². The molecule has 0 fully saturated rings. The molecule has 0 spiro atoms. The fraction of sp³-hybridized carbons (Fsp3) is 0.267. The van der Waals surface area contributed by atoms with Gasteiger partial charge in [-0.05, 0) is 19.1 Å². The van der Waals surface area contributed by atoms with Gasteiger partial charge in [0, 0.05) is 5.39 Å². The standard InChI is InChI=1S/C15H15NO5/c1-2-20-14(18)13(17)15(19)21-9-11-8-7-10-5-3-4-6-12(10)16-11/h3-8,13,17H,2,9H2,1H3/t13-/m1/s1. The molecule has 0 bridgehead atoms. The van der Waals surface area contributed by atoms with E-state index in [0.717, 1.165) is 10.9 Å². The number of aliphatic hydroxyl groups is 1. The number of hydrogen-bond donors (Lipinski definition) is 1. The van der Waals surface area contributed by atoms with Crippen LogP contribution < -0.4 is 0 Å². The second kappa shape index (κ2) is 6.81. The van der Waals surface area contributed by atoms with E-state index in [1.807, 2.05) is 30.3 Å². The Labute approximate surface area is 121 Å². The molecular formula is C15H15NO5. The van der Waals surface area contributed by atoms with Gasteiger partial charge in [0.05, 0.1) is 17.8 Å². The average molecular weight is 289 g/mol. The molecule has 1 heterocycles.